The van der Waals surface area contributed by atoms with Gasteiger partial charge in [0.15, 0.2) is 0 Å². The molecule has 158 valence electrons. The summed E-state index contributed by atoms with van der Waals surface area (Å²) in [4.78, 5) is 29.6. The van der Waals surface area contributed by atoms with Gasteiger partial charge in [-0.15, -0.1) is 0 Å². The first-order chi connectivity index (χ1) is 13.7. The third kappa shape index (κ3) is 6.25. The lowest BCUT2D eigenvalue weighted by atomic mass is 10.1. The molecule has 0 unspecified atom stereocenters. The highest BCUT2D eigenvalue weighted by Gasteiger charge is 2.25. The van der Waals surface area contributed by atoms with Crippen LogP contribution in [0.5, 0.6) is 0 Å². The number of nitrogens with zero attached hydrogens (tertiary/aromatic N) is 3. The number of aryl methyl sites for hydroxylation is 1. The average molecular weight is 438 g/mol. The van der Waals surface area contributed by atoms with Crippen LogP contribution in [0, 0.1) is 0 Å². The first kappa shape index (κ1) is 23.3. The molecule has 1 aromatic heterocycles. The number of amides is 2. The number of hydrogen-bond acceptors (Lipinski definition) is 2. The molecule has 0 aliphatic rings. The minimum absolute atomic E-state index is 0.0187. The van der Waals surface area contributed by atoms with E-state index >= 15 is 0 Å². The van der Waals surface area contributed by atoms with Crippen molar-refractivity contribution in [1.82, 2.24) is 14.4 Å². The molecule has 0 radical (unpaired) electrons. The van der Waals surface area contributed by atoms with Crippen molar-refractivity contribution >= 4 is 35.0 Å². The van der Waals surface area contributed by atoms with Crippen LogP contribution in [0.2, 0.25) is 10.0 Å². The van der Waals surface area contributed by atoms with E-state index in [-0.39, 0.29) is 24.4 Å². The Morgan fingerprint density at radius 3 is 2.41 bits per heavy atom. The molecule has 29 heavy (non-hydrogen) atoms. The molecule has 0 N–H and O–H groups in total. The fourth-order valence-electron chi connectivity index (χ4n) is 3.03. The number of aromatic nitrogens is 1. The van der Waals surface area contributed by atoms with Gasteiger partial charge in [-0.05, 0) is 50.6 Å². The molecule has 0 aliphatic heterocycles. The summed E-state index contributed by atoms with van der Waals surface area (Å²) in [5.74, 6) is -0.303. The van der Waals surface area contributed by atoms with E-state index in [0.29, 0.717) is 28.7 Å². The smallest absolute Gasteiger partial charge is 0.254 e. The molecule has 0 saturated carbocycles. The highest BCUT2D eigenvalue weighted by Crippen LogP contribution is 2.23. The van der Waals surface area contributed by atoms with Gasteiger partial charge >= 0.3 is 0 Å². The van der Waals surface area contributed by atoms with Gasteiger partial charge in [0.2, 0.25) is 5.91 Å². The first-order valence-electron chi connectivity index (χ1n) is 9.88. The largest absolute Gasteiger partial charge is 0.353 e. The number of halogens is 2. The van der Waals surface area contributed by atoms with E-state index in [9.17, 15) is 9.59 Å². The Kier molecular flexibility index (Phi) is 8.60. The Balaban J connectivity index is 2.19. The van der Waals surface area contributed by atoms with Gasteiger partial charge in [0.1, 0.15) is 6.54 Å². The lowest BCUT2D eigenvalue weighted by Gasteiger charge is -2.30. The second-order valence-electron chi connectivity index (χ2n) is 7.43. The van der Waals surface area contributed by atoms with Crippen LogP contribution in [0.4, 0.5) is 0 Å². The summed E-state index contributed by atoms with van der Waals surface area (Å²) in [5, 5.41) is 0.713. The van der Waals surface area contributed by atoms with Gasteiger partial charge in [-0.25, -0.2) is 0 Å². The maximum absolute atomic E-state index is 13.1. The van der Waals surface area contributed by atoms with Gasteiger partial charge in [-0.1, -0.05) is 36.5 Å². The zero-order valence-corrected chi connectivity index (χ0v) is 19.0. The van der Waals surface area contributed by atoms with Crippen LogP contribution in [0.1, 0.15) is 49.7 Å². The molecule has 1 aromatic carbocycles. The van der Waals surface area contributed by atoms with Crippen molar-refractivity contribution < 1.29 is 9.59 Å². The number of carbonyl (C=O) groups is 2. The Labute approximate surface area is 183 Å². The molecule has 0 fully saturated rings. The fourth-order valence-corrected chi connectivity index (χ4v) is 3.32. The minimum Gasteiger partial charge on any atom is -0.353 e. The van der Waals surface area contributed by atoms with E-state index in [2.05, 4.69) is 6.92 Å². The summed E-state index contributed by atoms with van der Waals surface area (Å²) < 4.78 is 2.01. The van der Waals surface area contributed by atoms with Crippen LogP contribution < -0.4 is 0 Å². The second-order valence-corrected chi connectivity index (χ2v) is 8.25. The normalized spacial score (nSPS) is 11.0. The molecule has 0 spiro atoms. The third-order valence-corrected chi connectivity index (χ3v) is 5.63. The van der Waals surface area contributed by atoms with Crippen LogP contribution in [0.25, 0.3) is 0 Å². The molecule has 2 aromatic rings. The molecule has 1 heterocycles. The number of rotatable bonds is 9. The Morgan fingerprint density at radius 2 is 1.86 bits per heavy atom. The van der Waals surface area contributed by atoms with Crippen LogP contribution in [-0.2, 0) is 18.4 Å². The summed E-state index contributed by atoms with van der Waals surface area (Å²) in [6.45, 7) is 7.10. The predicted molar refractivity (Wildman–Crippen MR) is 118 cm³/mol. The van der Waals surface area contributed by atoms with Crippen molar-refractivity contribution in [3.8, 4) is 0 Å². The lowest BCUT2D eigenvalue weighted by Crippen LogP contribution is -2.46. The van der Waals surface area contributed by atoms with E-state index in [0.717, 1.165) is 18.5 Å². The standard InChI is InChI=1S/C22H29Cl2N3O2/c1-5-6-12-26(14-18-8-7-11-25(18)4)21(28)15-27(16(2)3)22(29)17-9-10-19(23)20(24)13-17/h7-11,13,16H,5-6,12,14-15H2,1-4H3. The second kappa shape index (κ2) is 10.7. The maximum Gasteiger partial charge on any atom is 0.254 e. The summed E-state index contributed by atoms with van der Waals surface area (Å²) in [7, 11) is 1.96. The Morgan fingerprint density at radius 1 is 1.14 bits per heavy atom. The fraction of sp³-hybridized carbons (Fsp3) is 0.455. The van der Waals surface area contributed by atoms with Crippen molar-refractivity contribution in [1.29, 1.82) is 0 Å². The monoisotopic (exact) mass is 437 g/mol. The quantitative estimate of drug-likeness (QED) is 0.553. The van der Waals surface area contributed by atoms with Gasteiger partial charge in [-0.2, -0.15) is 0 Å². The Hall–Kier alpha value is -1.98. The zero-order chi connectivity index (χ0) is 21.6. The molecule has 2 amide bonds. The summed E-state index contributed by atoms with van der Waals surface area (Å²) in [6, 6.07) is 8.61. The van der Waals surface area contributed by atoms with Crippen LogP contribution >= 0.6 is 23.2 Å². The van der Waals surface area contributed by atoms with E-state index in [1.165, 1.54) is 0 Å². The predicted octanol–water partition coefficient (Wildman–Crippen LogP) is 5.01. The number of unbranched alkanes of at least 4 members (excludes halogenated alkanes) is 1. The lowest BCUT2D eigenvalue weighted by molar-refractivity contribution is -0.133. The van der Waals surface area contributed by atoms with E-state index < -0.39 is 0 Å². The number of benzene rings is 1. The molecule has 0 atom stereocenters. The van der Waals surface area contributed by atoms with Crippen molar-refractivity contribution in [2.24, 2.45) is 7.05 Å². The molecule has 7 heteroatoms. The average Bonchev–Trinajstić information content (AvgIpc) is 3.08. The van der Waals surface area contributed by atoms with Gasteiger partial charge in [0, 0.05) is 37.1 Å². The van der Waals surface area contributed by atoms with Gasteiger partial charge < -0.3 is 14.4 Å². The van der Waals surface area contributed by atoms with Crippen molar-refractivity contribution in [3.63, 3.8) is 0 Å². The maximum atomic E-state index is 13.1. The highest BCUT2D eigenvalue weighted by atomic mass is 35.5. The molecule has 5 nitrogen and oxygen atoms in total. The van der Waals surface area contributed by atoms with Crippen LogP contribution in [-0.4, -0.2) is 45.3 Å². The summed E-state index contributed by atoms with van der Waals surface area (Å²) >= 11 is 12.0. The Bertz CT molecular complexity index is 848. The SMILES string of the molecule is CCCCN(Cc1cccn1C)C(=O)CN(C(=O)c1ccc(Cl)c(Cl)c1)C(C)C. The number of carbonyl (C=O) groups excluding carboxylic acids is 2. The van der Waals surface area contributed by atoms with E-state index in [1.807, 2.05) is 48.7 Å². The van der Waals surface area contributed by atoms with Gasteiger partial charge in [-0.3, -0.25) is 9.59 Å². The topological polar surface area (TPSA) is 45.6 Å². The number of hydrogen-bond donors (Lipinski definition) is 0. The van der Waals surface area contributed by atoms with Gasteiger partial charge in [0.05, 0.1) is 16.6 Å². The first-order valence-corrected chi connectivity index (χ1v) is 10.6. The summed E-state index contributed by atoms with van der Waals surface area (Å²) in [6.07, 6.45) is 3.87. The zero-order valence-electron chi connectivity index (χ0n) is 17.5. The molecular weight excluding hydrogens is 409 g/mol. The van der Waals surface area contributed by atoms with Crippen molar-refractivity contribution in [3.05, 3.63) is 57.8 Å². The van der Waals surface area contributed by atoms with Crippen LogP contribution in [0.3, 0.4) is 0 Å². The van der Waals surface area contributed by atoms with Crippen molar-refractivity contribution in [2.75, 3.05) is 13.1 Å². The molecule has 2 rings (SSSR count). The molecule has 0 bridgehead atoms. The third-order valence-electron chi connectivity index (χ3n) is 4.89. The molecule has 0 aliphatic carbocycles. The minimum atomic E-state index is -0.235. The summed E-state index contributed by atoms with van der Waals surface area (Å²) in [5.41, 5.74) is 1.48. The molecular formula is C22H29Cl2N3O2. The van der Waals surface area contributed by atoms with Gasteiger partial charge in [0.25, 0.3) is 5.91 Å². The highest BCUT2D eigenvalue weighted by molar-refractivity contribution is 6.42. The van der Waals surface area contributed by atoms with E-state index in [1.54, 1.807) is 23.1 Å². The van der Waals surface area contributed by atoms with Crippen LogP contribution in [0.15, 0.2) is 36.5 Å². The van der Waals surface area contributed by atoms with Crippen molar-refractivity contribution in [2.45, 2.75) is 46.2 Å². The van der Waals surface area contributed by atoms with E-state index in [4.69, 9.17) is 23.2 Å². The molecule has 0 saturated heterocycles.